The summed E-state index contributed by atoms with van der Waals surface area (Å²) in [7, 11) is 0. The largest absolute Gasteiger partial charge is 0.481 e. The Bertz CT molecular complexity index is 247. The summed E-state index contributed by atoms with van der Waals surface area (Å²) in [6, 6.07) is 0. The van der Waals surface area contributed by atoms with Crippen LogP contribution in [0.25, 0.3) is 0 Å². The minimum absolute atomic E-state index is 0.348. The zero-order chi connectivity index (χ0) is 17.9. The Morgan fingerprint density at radius 3 is 1.42 bits per heavy atom. The van der Waals surface area contributed by atoms with Crippen molar-refractivity contribution in [3.8, 4) is 0 Å². The Hall–Kier alpha value is -0.530. The summed E-state index contributed by atoms with van der Waals surface area (Å²) in [5.74, 6) is 0.203. The lowest BCUT2D eigenvalue weighted by molar-refractivity contribution is -0.137. The Labute approximate surface area is 151 Å². The van der Waals surface area contributed by atoms with Gasteiger partial charge in [0.2, 0.25) is 0 Å². The summed E-state index contributed by atoms with van der Waals surface area (Å²) in [4.78, 5) is 10.6. The van der Waals surface area contributed by atoms with Crippen molar-refractivity contribution in [1.29, 1.82) is 0 Å². The van der Waals surface area contributed by atoms with Crippen molar-refractivity contribution >= 4 is 5.97 Å². The molecular weight excluding hydrogens is 296 g/mol. The SMILES string of the molecule is CCCCCCCCC(CCCCCCCC)CCCCC(=O)O. The Kier molecular flexibility index (Phi) is 18.4. The molecule has 0 fully saturated rings. The molecule has 0 heterocycles. The number of hydrogen-bond donors (Lipinski definition) is 1. The Balaban J connectivity index is 3.80. The van der Waals surface area contributed by atoms with E-state index < -0.39 is 5.97 Å². The van der Waals surface area contributed by atoms with Crippen LogP contribution in [-0.2, 0) is 4.79 Å². The lowest BCUT2D eigenvalue weighted by atomic mass is 9.89. The molecule has 0 saturated heterocycles. The van der Waals surface area contributed by atoms with E-state index in [4.69, 9.17) is 5.11 Å². The summed E-state index contributed by atoms with van der Waals surface area (Å²) >= 11 is 0. The summed E-state index contributed by atoms with van der Waals surface area (Å²) in [6.45, 7) is 4.54. The highest BCUT2D eigenvalue weighted by atomic mass is 16.4. The second-order valence-electron chi connectivity index (χ2n) is 7.62. The third-order valence-corrected chi connectivity index (χ3v) is 5.18. The standard InChI is InChI=1S/C22H44O2/c1-3-5-7-9-11-13-17-21(19-15-16-20-22(23)24)18-14-12-10-8-6-4-2/h21H,3-20H2,1-2H3,(H,23,24). The van der Waals surface area contributed by atoms with Crippen LogP contribution in [0.1, 0.15) is 129 Å². The fraction of sp³-hybridized carbons (Fsp3) is 0.955. The van der Waals surface area contributed by atoms with Crippen LogP contribution < -0.4 is 0 Å². The molecule has 0 saturated carbocycles. The van der Waals surface area contributed by atoms with E-state index in [1.807, 2.05) is 0 Å². The lowest BCUT2D eigenvalue weighted by Crippen LogP contribution is -2.02. The molecule has 0 aliphatic rings. The summed E-state index contributed by atoms with van der Waals surface area (Å²) in [5, 5.41) is 8.77. The topological polar surface area (TPSA) is 37.3 Å². The first kappa shape index (κ1) is 23.5. The molecule has 1 N–H and O–H groups in total. The summed E-state index contributed by atoms with van der Waals surface area (Å²) < 4.78 is 0. The summed E-state index contributed by atoms with van der Waals surface area (Å²) in [6.07, 6.45) is 22.8. The molecule has 0 aromatic heterocycles. The fourth-order valence-corrected chi connectivity index (χ4v) is 3.57. The molecule has 0 amide bonds. The number of carboxylic acid groups (broad SMARTS) is 1. The van der Waals surface area contributed by atoms with Gasteiger partial charge in [-0.15, -0.1) is 0 Å². The van der Waals surface area contributed by atoms with Gasteiger partial charge >= 0.3 is 5.97 Å². The minimum Gasteiger partial charge on any atom is -0.481 e. The first-order valence-corrected chi connectivity index (χ1v) is 10.9. The van der Waals surface area contributed by atoms with E-state index in [0.29, 0.717) is 6.42 Å². The molecule has 0 aromatic rings. The molecule has 2 heteroatoms. The normalized spacial score (nSPS) is 11.3. The van der Waals surface area contributed by atoms with Crippen LogP contribution in [0.2, 0.25) is 0 Å². The van der Waals surface area contributed by atoms with Gasteiger partial charge in [0.25, 0.3) is 0 Å². The van der Waals surface area contributed by atoms with Crippen molar-refractivity contribution in [1.82, 2.24) is 0 Å². The molecule has 0 unspecified atom stereocenters. The van der Waals surface area contributed by atoms with Gasteiger partial charge in [0, 0.05) is 6.42 Å². The van der Waals surface area contributed by atoms with Crippen molar-refractivity contribution < 1.29 is 9.90 Å². The van der Waals surface area contributed by atoms with Crippen molar-refractivity contribution in [3.05, 3.63) is 0 Å². The van der Waals surface area contributed by atoms with E-state index in [9.17, 15) is 4.79 Å². The van der Waals surface area contributed by atoms with E-state index in [0.717, 1.165) is 18.8 Å². The number of hydrogen-bond acceptors (Lipinski definition) is 1. The first-order valence-electron chi connectivity index (χ1n) is 10.9. The van der Waals surface area contributed by atoms with E-state index in [-0.39, 0.29) is 0 Å². The second kappa shape index (κ2) is 18.8. The number of unbranched alkanes of at least 4 members (excludes halogenated alkanes) is 11. The Morgan fingerprint density at radius 1 is 0.625 bits per heavy atom. The van der Waals surface area contributed by atoms with Crippen LogP contribution in [0, 0.1) is 5.92 Å². The molecule has 0 aliphatic carbocycles. The van der Waals surface area contributed by atoms with E-state index in [1.54, 1.807) is 0 Å². The van der Waals surface area contributed by atoms with E-state index >= 15 is 0 Å². The number of carboxylic acids is 1. The summed E-state index contributed by atoms with van der Waals surface area (Å²) in [5.41, 5.74) is 0. The van der Waals surface area contributed by atoms with Gasteiger partial charge in [-0.3, -0.25) is 4.79 Å². The molecule has 0 rings (SSSR count). The van der Waals surface area contributed by atoms with Crippen LogP contribution in [-0.4, -0.2) is 11.1 Å². The van der Waals surface area contributed by atoms with Crippen molar-refractivity contribution in [2.24, 2.45) is 5.92 Å². The predicted molar refractivity (Wildman–Crippen MR) is 106 cm³/mol. The lowest BCUT2D eigenvalue weighted by Gasteiger charge is -2.17. The van der Waals surface area contributed by atoms with E-state index in [1.165, 1.54) is 96.3 Å². The van der Waals surface area contributed by atoms with Gasteiger partial charge < -0.3 is 5.11 Å². The van der Waals surface area contributed by atoms with Crippen LogP contribution in [0.15, 0.2) is 0 Å². The third-order valence-electron chi connectivity index (χ3n) is 5.18. The predicted octanol–water partition coefficient (Wildman–Crippen LogP) is 7.75. The molecule has 0 atom stereocenters. The highest BCUT2D eigenvalue weighted by Gasteiger charge is 2.09. The van der Waals surface area contributed by atoms with Gasteiger partial charge in [0.15, 0.2) is 0 Å². The maximum absolute atomic E-state index is 10.6. The number of aliphatic carboxylic acids is 1. The van der Waals surface area contributed by atoms with Crippen LogP contribution in [0.3, 0.4) is 0 Å². The fourth-order valence-electron chi connectivity index (χ4n) is 3.57. The van der Waals surface area contributed by atoms with Gasteiger partial charge in [-0.25, -0.2) is 0 Å². The van der Waals surface area contributed by atoms with Crippen molar-refractivity contribution in [2.45, 2.75) is 129 Å². The van der Waals surface area contributed by atoms with Crippen LogP contribution in [0.4, 0.5) is 0 Å². The highest BCUT2D eigenvalue weighted by molar-refractivity contribution is 5.66. The van der Waals surface area contributed by atoms with Crippen molar-refractivity contribution in [2.75, 3.05) is 0 Å². The maximum atomic E-state index is 10.6. The molecular formula is C22H44O2. The first-order chi connectivity index (χ1) is 11.7. The average Bonchev–Trinajstić information content (AvgIpc) is 2.56. The minimum atomic E-state index is -0.640. The Morgan fingerprint density at radius 2 is 1.00 bits per heavy atom. The average molecular weight is 341 g/mol. The molecule has 0 aliphatic heterocycles. The monoisotopic (exact) mass is 340 g/mol. The molecule has 0 aromatic carbocycles. The highest BCUT2D eigenvalue weighted by Crippen LogP contribution is 2.24. The van der Waals surface area contributed by atoms with Gasteiger partial charge in [-0.1, -0.05) is 117 Å². The molecule has 2 nitrogen and oxygen atoms in total. The van der Waals surface area contributed by atoms with Gasteiger partial charge in [0.1, 0.15) is 0 Å². The molecule has 0 radical (unpaired) electrons. The van der Waals surface area contributed by atoms with Crippen LogP contribution in [0.5, 0.6) is 0 Å². The number of carbonyl (C=O) groups is 1. The molecule has 0 bridgehead atoms. The second-order valence-corrected chi connectivity index (χ2v) is 7.62. The van der Waals surface area contributed by atoms with Crippen molar-refractivity contribution in [3.63, 3.8) is 0 Å². The molecule has 0 spiro atoms. The van der Waals surface area contributed by atoms with Crippen LogP contribution >= 0.6 is 0 Å². The molecule has 24 heavy (non-hydrogen) atoms. The zero-order valence-corrected chi connectivity index (χ0v) is 16.7. The van der Waals surface area contributed by atoms with Gasteiger partial charge in [-0.2, -0.15) is 0 Å². The third kappa shape index (κ3) is 17.8. The van der Waals surface area contributed by atoms with Gasteiger partial charge in [0.05, 0.1) is 0 Å². The van der Waals surface area contributed by atoms with E-state index in [2.05, 4.69) is 13.8 Å². The maximum Gasteiger partial charge on any atom is 0.303 e. The zero-order valence-electron chi connectivity index (χ0n) is 16.7. The number of rotatable bonds is 19. The quantitative estimate of drug-likeness (QED) is 0.244. The molecule has 144 valence electrons. The smallest absolute Gasteiger partial charge is 0.303 e. The van der Waals surface area contributed by atoms with Gasteiger partial charge in [-0.05, 0) is 12.3 Å².